The topological polar surface area (TPSA) is 73.3 Å². The van der Waals surface area contributed by atoms with Gasteiger partial charge in [-0.25, -0.2) is 0 Å². The molecule has 2 aliphatic heterocycles. The molecule has 0 atom stereocenters. The molecule has 2 N–H and O–H groups in total. The van der Waals surface area contributed by atoms with E-state index < -0.39 is 0 Å². The third kappa shape index (κ3) is 10.9. The van der Waals surface area contributed by atoms with Gasteiger partial charge in [-0.2, -0.15) is 0 Å². The first-order valence-corrected chi connectivity index (χ1v) is 10.8. The molecular formula is C20H39N3O4. The fourth-order valence-corrected chi connectivity index (χ4v) is 3.23. The Kier molecular flexibility index (Phi) is 12.5. The van der Waals surface area contributed by atoms with Gasteiger partial charge in [0, 0.05) is 65.9 Å². The van der Waals surface area contributed by atoms with E-state index in [2.05, 4.69) is 22.5 Å². The molecule has 2 saturated heterocycles. The molecule has 2 aliphatic rings. The Morgan fingerprint density at radius 2 is 1.70 bits per heavy atom. The Labute approximate surface area is 164 Å². The van der Waals surface area contributed by atoms with Gasteiger partial charge in [-0.3, -0.25) is 4.99 Å². The van der Waals surface area contributed by atoms with E-state index >= 15 is 0 Å². The number of ether oxygens (including phenoxy) is 4. The molecule has 2 heterocycles. The van der Waals surface area contributed by atoms with Gasteiger partial charge < -0.3 is 29.6 Å². The summed E-state index contributed by atoms with van der Waals surface area (Å²) in [6, 6.07) is 0. The molecule has 27 heavy (non-hydrogen) atoms. The normalized spacial score (nSPS) is 20.0. The van der Waals surface area contributed by atoms with Crippen LogP contribution in [0.3, 0.4) is 0 Å². The van der Waals surface area contributed by atoms with Gasteiger partial charge in [0.2, 0.25) is 0 Å². The number of nitrogens with zero attached hydrogens (tertiary/aromatic N) is 1. The highest BCUT2D eigenvalue weighted by atomic mass is 16.5. The Balaban J connectivity index is 1.47. The van der Waals surface area contributed by atoms with E-state index in [9.17, 15) is 0 Å². The van der Waals surface area contributed by atoms with Gasteiger partial charge >= 0.3 is 0 Å². The van der Waals surface area contributed by atoms with Gasteiger partial charge in [-0.15, -0.1) is 0 Å². The van der Waals surface area contributed by atoms with Gasteiger partial charge in [-0.1, -0.05) is 0 Å². The lowest BCUT2D eigenvalue weighted by atomic mass is 10.0. The zero-order valence-electron chi connectivity index (χ0n) is 17.0. The number of nitrogens with one attached hydrogen (secondary N) is 2. The van der Waals surface area contributed by atoms with Crippen LogP contribution in [0.25, 0.3) is 0 Å². The molecule has 0 radical (unpaired) electrons. The smallest absolute Gasteiger partial charge is 0.191 e. The maximum Gasteiger partial charge on any atom is 0.191 e. The molecular weight excluding hydrogens is 346 g/mol. The van der Waals surface area contributed by atoms with Crippen molar-refractivity contribution in [3.8, 4) is 0 Å². The molecule has 0 aromatic rings. The molecule has 7 nitrogen and oxygen atoms in total. The van der Waals surface area contributed by atoms with Crippen molar-refractivity contribution in [2.24, 2.45) is 10.9 Å². The van der Waals surface area contributed by atoms with Crippen LogP contribution < -0.4 is 10.6 Å². The van der Waals surface area contributed by atoms with Crippen molar-refractivity contribution in [1.82, 2.24) is 10.6 Å². The largest absolute Gasteiger partial charge is 0.381 e. The standard InChI is InChI=1S/C20H39N3O4/c1-2-21-20(23-10-4-12-27-19-7-15-25-16-8-19)22-9-3-11-26-17-18-5-13-24-14-6-18/h18-19H,2-17H2,1H3,(H2,21,22,23). The Bertz CT molecular complexity index is 383. The fraction of sp³-hybridized carbons (Fsp3) is 0.950. The van der Waals surface area contributed by atoms with Gasteiger partial charge in [0.15, 0.2) is 5.96 Å². The van der Waals surface area contributed by atoms with E-state index in [4.69, 9.17) is 18.9 Å². The number of rotatable bonds is 12. The molecule has 158 valence electrons. The number of hydrogen-bond acceptors (Lipinski definition) is 5. The maximum absolute atomic E-state index is 5.90. The number of aliphatic imine (C=N–C) groups is 1. The third-order valence-electron chi connectivity index (χ3n) is 4.89. The van der Waals surface area contributed by atoms with Crippen LogP contribution in [0.4, 0.5) is 0 Å². The van der Waals surface area contributed by atoms with E-state index in [1.165, 1.54) is 0 Å². The molecule has 0 aromatic carbocycles. The second kappa shape index (κ2) is 15.1. The Morgan fingerprint density at radius 1 is 0.963 bits per heavy atom. The summed E-state index contributed by atoms with van der Waals surface area (Å²) < 4.78 is 22.4. The van der Waals surface area contributed by atoms with Crippen LogP contribution in [0.5, 0.6) is 0 Å². The molecule has 0 saturated carbocycles. The minimum atomic E-state index is 0.377. The van der Waals surface area contributed by atoms with Crippen molar-refractivity contribution in [2.75, 3.05) is 65.9 Å². The van der Waals surface area contributed by atoms with E-state index in [0.29, 0.717) is 12.0 Å². The van der Waals surface area contributed by atoms with Crippen LogP contribution in [0.2, 0.25) is 0 Å². The van der Waals surface area contributed by atoms with Crippen LogP contribution in [0, 0.1) is 5.92 Å². The first-order valence-electron chi connectivity index (χ1n) is 10.8. The fourth-order valence-electron chi connectivity index (χ4n) is 3.23. The first-order chi connectivity index (χ1) is 13.4. The molecule has 2 rings (SSSR count). The summed E-state index contributed by atoms with van der Waals surface area (Å²) in [5, 5.41) is 6.67. The summed E-state index contributed by atoms with van der Waals surface area (Å²) in [5.41, 5.74) is 0. The van der Waals surface area contributed by atoms with E-state index in [0.717, 1.165) is 110 Å². The maximum atomic E-state index is 5.90. The second-order valence-corrected chi connectivity index (χ2v) is 7.21. The van der Waals surface area contributed by atoms with Crippen molar-refractivity contribution in [3.63, 3.8) is 0 Å². The van der Waals surface area contributed by atoms with Crippen molar-refractivity contribution in [2.45, 2.75) is 51.6 Å². The third-order valence-corrected chi connectivity index (χ3v) is 4.89. The zero-order chi connectivity index (χ0) is 19.0. The molecule has 0 aliphatic carbocycles. The Hall–Kier alpha value is -0.890. The SMILES string of the molecule is CCNC(=NCCCOCC1CCOCC1)NCCCOC1CCOCC1. The van der Waals surface area contributed by atoms with Crippen LogP contribution >= 0.6 is 0 Å². The highest BCUT2D eigenvalue weighted by Crippen LogP contribution is 2.14. The molecule has 0 unspecified atom stereocenters. The van der Waals surface area contributed by atoms with E-state index in [1.807, 2.05) is 0 Å². The minimum absolute atomic E-state index is 0.377. The van der Waals surface area contributed by atoms with Crippen LogP contribution in [0.1, 0.15) is 45.4 Å². The van der Waals surface area contributed by atoms with Crippen molar-refractivity contribution >= 4 is 5.96 Å². The highest BCUT2D eigenvalue weighted by molar-refractivity contribution is 5.79. The van der Waals surface area contributed by atoms with Gasteiger partial charge in [0.05, 0.1) is 6.10 Å². The first kappa shape index (κ1) is 22.4. The summed E-state index contributed by atoms with van der Waals surface area (Å²) in [6.07, 6.45) is 6.61. The van der Waals surface area contributed by atoms with Crippen molar-refractivity contribution in [3.05, 3.63) is 0 Å². The van der Waals surface area contributed by atoms with Gasteiger partial charge in [0.1, 0.15) is 0 Å². The molecule has 0 amide bonds. The van der Waals surface area contributed by atoms with Gasteiger partial charge in [-0.05, 0) is 51.4 Å². The Morgan fingerprint density at radius 3 is 2.44 bits per heavy atom. The summed E-state index contributed by atoms with van der Waals surface area (Å²) in [5.74, 6) is 1.55. The lowest BCUT2D eigenvalue weighted by Crippen LogP contribution is -2.38. The van der Waals surface area contributed by atoms with Crippen LogP contribution in [-0.4, -0.2) is 77.9 Å². The predicted octanol–water partition coefficient (Wildman–Crippen LogP) is 1.96. The quantitative estimate of drug-likeness (QED) is 0.304. The molecule has 2 fully saturated rings. The minimum Gasteiger partial charge on any atom is -0.381 e. The summed E-state index contributed by atoms with van der Waals surface area (Å²) >= 11 is 0. The van der Waals surface area contributed by atoms with Crippen molar-refractivity contribution in [1.29, 1.82) is 0 Å². The second-order valence-electron chi connectivity index (χ2n) is 7.21. The molecule has 0 aromatic heterocycles. The zero-order valence-corrected chi connectivity index (χ0v) is 17.0. The summed E-state index contributed by atoms with van der Waals surface area (Å²) in [6.45, 7) is 10.5. The lowest BCUT2D eigenvalue weighted by molar-refractivity contribution is -0.0320. The van der Waals surface area contributed by atoms with Crippen LogP contribution in [-0.2, 0) is 18.9 Å². The molecule has 0 bridgehead atoms. The lowest BCUT2D eigenvalue weighted by Gasteiger charge is -2.22. The van der Waals surface area contributed by atoms with Crippen molar-refractivity contribution < 1.29 is 18.9 Å². The summed E-state index contributed by atoms with van der Waals surface area (Å²) in [4.78, 5) is 4.62. The number of hydrogen-bond donors (Lipinski definition) is 2. The molecule has 0 spiro atoms. The average molecular weight is 386 g/mol. The average Bonchev–Trinajstić information content (AvgIpc) is 2.71. The summed E-state index contributed by atoms with van der Waals surface area (Å²) in [7, 11) is 0. The predicted molar refractivity (Wildman–Crippen MR) is 107 cm³/mol. The number of guanidine groups is 1. The highest BCUT2D eigenvalue weighted by Gasteiger charge is 2.14. The monoisotopic (exact) mass is 385 g/mol. The van der Waals surface area contributed by atoms with Crippen LogP contribution in [0.15, 0.2) is 4.99 Å². The van der Waals surface area contributed by atoms with E-state index in [1.54, 1.807) is 0 Å². The molecule has 7 heteroatoms. The van der Waals surface area contributed by atoms with E-state index in [-0.39, 0.29) is 0 Å². The van der Waals surface area contributed by atoms with Gasteiger partial charge in [0.25, 0.3) is 0 Å².